The van der Waals surface area contributed by atoms with Gasteiger partial charge in [-0.1, -0.05) is 13.8 Å². The molecule has 2 aliphatic heterocycles. The van der Waals surface area contributed by atoms with E-state index in [1.807, 2.05) is 20.8 Å². The van der Waals surface area contributed by atoms with Crippen molar-refractivity contribution < 1.29 is 13.2 Å². The molecule has 2 bridgehead atoms. The fourth-order valence-electron chi connectivity index (χ4n) is 3.30. The average molecular weight is 346 g/mol. The first-order valence-corrected chi connectivity index (χ1v) is 10.3. The van der Waals surface area contributed by atoms with E-state index in [2.05, 4.69) is 15.6 Å². The zero-order chi connectivity index (χ0) is 16.9. The molecule has 0 spiro atoms. The first kappa shape index (κ1) is 18.5. The van der Waals surface area contributed by atoms with Crippen LogP contribution in [0.15, 0.2) is 4.99 Å². The molecule has 2 aliphatic rings. The Labute approximate surface area is 139 Å². The van der Waals surface area contributed by atoms with Crippen LogP contribution in [0.25, 0.3) is 0 Å². The van der Waals surface area contributed by atoms with Crippen LogP contribution in [0.1, 0.15) is 40.0 Å². The lowest BCUT2D eigenvalue weighted by Crippen LogP contribution is -2.47. The number of hydrogen-bond donors (Lipinski definition) is 2. The molecule has 0 aliphatic carbocycles. The highest BCUT2D eigenvalue weighted by Gasteiger charge is 2.41. The normalized spacial score (nSPS) is 27.7. The predicted molar refractivity (Wildman–Crippen MR) is 92.1 cm³/mol. The summed E-state index contributed by atoms with van der Waals surface area (Å²) in [5.41, 5.74) is 0. The monoisotopic (exact) mass is 346 g/mol. The zero-order valence-electron chi connectivity index (χ0n) is 14.4. The van der Waals surface area contributed by atoms with E-state index in [9.17, 15) is 8.42 Å². The number of nitrogens with zero attached hydrogens (tertiary/aromatic N) is 2. The summed E-state index contributed by atoms with van der Waals surface area (Å²) in [6.07, 6.45) is 3.90. The van der Waals surface area contributed by atoms with Gasteiger partial charge in [0.2, 0.25) is 10.0 Å². The third-order valence-corrected chi connectivity index (χ3v) is 6.49. The molecular weight excluding hydrogens is 316 g/mol. The first-order chi connectivity index (χ1) is 11.0. The Balaban J connectivity index is 1.88. The van der Waals surface area contributed by atoms with E-state index in [0.29, 0.717) is 25.2 Å². The number of rotatable bonds is 8. The molecule has 0 aromatic heterocycles. The van der Waals surface area contributed by atoms with Gasteiger partial charge >= 0.3 is 0 Å². The van der Waals surface area contributed by atoms with Gasteiger partial charge in [0, 0.05) is 19.6 Å². The molecule has 8 heteroatoms. The molecule has 3 unspecified atom stereocenters. The molecule has 0 radical (unpaired) electrons. The Kier molecular flexibility index (Phi) is 6.67. The van der Waals surface area contributed by atoms with Crippen LogP contribution in [-0.4, -0.2) is 68.9 Å². The quantitative estimate of drug-likeness (QED) is 0.495. The smallest absolute Gasteiger partial charge is 0.215 e. The largest absolute Gasteiger partial charge is 0.373 e. The minimum absolute atomic E-state index is 0.0402. The summed E-state index contributed by atoms with van der Waals surface area (Å²) in [6.45, 7) is 7.72. The lowest BCUT2D eigenvalue weighted by Gasteiger charge is -2.23. The van der Waals surface area contributed by atoms with Crippen molar-refractivity contribution in [3.63, 3.8) is 0 Å². The summed E-state index contributed by atoms with van der Waals surface area (Å²) >= 11 is 0. The molecule has 2 saturated heterocycles. The molecule has 0 aromatic rings. The molecule has 23 heavy (non-hydrogen) atoms. The Bertz CT molecular complexity index is 505. The second-order valence-corrected chi connectivity index (χ2v) is 8.11. The Hall–Kier alpha value is -0.860. The predicted octanol–water partition coefficient (Wildman–Crippen LogP) is 0.533. The third-order valence-electron chi connectivity index (χ3n) is 4.49. The van der Waals surface area contributed by atoms with E-state index >= 15 is 0 Å². The maximum absolute atomic E-state index is 12.2. The first-order valence-electron chi connectivity index (χ1n) is 8.68. The molecule has 2 N–H and O–H groups in total. The highest BCUT2D eigenvalue weighted by molar-refractivity contribution is 7.89. The van der Waals surface area contributed by atoms with Crippen molar-refractivity contribution >= 4 is 16.0 Å². The fourth-order valence-corrected chi connectivity index (χ4v) is 4.67. The van der Waals surface area contributed by atoms with Gasteiger partial charge in [0.05, 0.1) is 30.5 Å². The second-order valence-electron chi connectivity index (χ2n) is 6.02. The Morgan fingerprint density at radius 2 is 2.00 bits per heavy atom. The zero-order valence-corrected chi connectivity index (χ0v) is 15.2. The summed E-state index contributed by atoms with van der Waals surface area (Å²) in [5.74, 6) is 0.724. The van der Waals surface area contributed by atoms with Crippen LogP contribution in [0.5, 0.6) is 0 Å². The number of aliphatic imine (C=N–C) groups is 1. The second kappa shape index (κ2) is 8.30. The molecule has 0 amide bonds. The van der Waals surface area contributed by atoms with Gasteiger partial charge < -0.3 is 15.4 Å². The van der Waals surface area contributed by atoms with Crippen LogP contribution < -0.4 is 10.6 Å². The minimum atomic E-state index is -3.22. The van der Waals surface area contributed by atoms with Gasteiger partial charge in [-0.2, -0.15) is 0 Å². The fraction of sp³-hybridized carbons (Fsp3) is 0.933. The number of guanidine groups is 1. The number of sulfonamides is 1. The van der Waals surface area contributed by atoms with Crippen molar-refractivity contribution in [2.24, 2.45) is 4.99 Å². The van der Waals surface area contributed by atoms with Crippen molar-refractivity contribution in [2.45, 2.75) is 58.3 Å². The van der Waals surface area contributed by atoms with Crippen LogP contribution in [0.2, 0.25) is 0 Å². The highest BCUT2D eigenvalue weighted by atomic mass is 32.2. The minimum Gasteiger partial charge on any atom is -0.373 e. The van der Waals surface area contributed by atoms with E-state index in [-0.39, 0.29) is 24.4 Å². The average Bonchev–Trinajstić information content (AvgIpc) is 3.10. The van der Waals surface area contributed by atoms with Crippen molar-refractivity contribution in [1.29, 1.82) is 0 Å². The summed E-state index contributed by atoms with van der Waals surface area (Å²) < 4.78 is 31.7. The molecule has 0 saturated carbocycles. The maximum Gasteiger partial charge on any atom is 0.215 e. The maximum atomic E-state index is 12.2. The van der Waals surface area contributed by atoms with Crippen LogP contribution in [0, 0.1) is 0 Å². The van der Waals surface area contributed by atoms with E-state index in [4.69, 9.17) is 4.74 Å². The Morgan fingerprint density at radius 1 is 1.26 bits per heavy atom. The van der Waals surface area contributed by atoms with Crippen LogP contribution in [0.4, 0.5) is 0 Å². The molecule has 3 atom stereocenters. The number of nitrogens with one attached hydrogen (secondary N) is 2. The van der Waals surface area contributed by atoms with Gasteiger partial charge in [-0.25, -0.2) is 12.7 Å². The van der Waals surface area contributed by atoms with E-state index in [1.54, 1.807) is 0 Å². The lowest BCUT2D eigenvalue weighted by atomic mass is 9.96. The topological polar surface area (TPSA) is 83.0 Å². The van der Waals surface area contributed by atoms with Crippen LogP contribution in [-0.2, 0) is 14.8 Å². The van der Waals surface area contributed by atoms with Crippen molar-refractivity contribution in [3.8, 4) is 0 Å². The van der Waals surface area contributed by atoms with Gasteiger partial charge in [0.15, 0.2) is 5.96 Å². The van der Waals surface area contributed by atoms with Gasteiger partial charge in [-0.3, -0.25) is 4.99 Å². The molecule has 2 fully saturated rings. The highest BCUT2D eigenvalue weighted by Crippen LogP contribution is 2.34. The van der Waals surface area contributed by atoms with Crippen LogP contribution in [0.3, 0.4) is 0 Å². The van der Waals surface area contributed by atoms with E-state index in [0.717, 1.165) is 25.8 Å². The standard InChI is InChI=1S/C15H30N4O3S/c1-4-16-15(18-13-11-12-7-8-14(13)22-12)17-9-10-23(20,21)19(5-2)6-3/h12-14H,4-11H2,1-3H3,(H2,16,17,18). The number of fused-ring (bicyclic) bond motifs is 2. The molecule has 0 aromatic carbocycles. The molecule has 7 nitrogen and oxygen atoms in total. The summed E-state index contributed by atoms with van der Waals surface area (Å²) in [4.78, 5) is 4.43. The molecular formula is C15H30N4O3S. The van der Waals surface area contributed by atoms with E-state index < -0.39 is 10.0 Å². The Morgan fingerprint density at radius 3 is 2.52 bits per heavy atom. The molecule has 2 heterocycles. The van der Waals surface area contributed by atoms with Crippen molar-refractivity contribution in [3.05, 3.63) is 0 Å². The van der Waals surface area contributed by atoms with Gasteiger partial charge in [-0.05, 0) is 26.2 Å². The molecule has 134 valence electrons. The molecule has 2 rings (SSSR count). The van der Waals surface area contributed by atoms with Crippen LogP contribution >= 0.6 is 0 Å². The SMILES string of the molecule is CCNC(=NCCS(=O)(=O)N(CC)CC)NC1CC2CCC1O2. The van der Waals surface area contributed by atoms with Gasteiger partial charge in [-0.15, -0.1) is 0 Å². The summed E-state index contributed by atoms with van der Waals surface area (Å²) in [6, 6.07) is 0.283. The third kappa shape index (κ3) is 4.81. The summed E-state index contributed by atoms with van der Waals surface area (Å²) in [7, 11) is -3.22. The van der Waals surface area contributed by atoms with Crippen molar-refractivity contribution in [1.82, 2.24) is 14.9 Å². The van der Waals surface area contributed by atoms with Gasteiger partial charge in [0.1, 0.15) is 0 Å². The summed E-state index contributed by atoms with van der Waals surface area (Å²) in [5, 5.41) is 6.58. The van der Waals surface area contributed by atoms with Gasteiger partial charge in [0.25, 0.3) is 0 Å². The lowest BCUT2D eigenvalue weighted by molar-refractivity contribution is 0.0992. The van der Waals surface area contributed by atoms with Crippen molar-refractivity contribution in [2.75, 3.05) is 31.9 Å². The van der Waals surface area contributed by atoms with E-state index in [1.165, 1.54) is 4.31 Å². The number of ether oxygens (including phenoxy) is 1. The number of hydrogen-bond acceptors (Lipinski definition) is 4.